The van der Waals surface area contributed by atoms with E-state index in [9.17, 15) is 14.0 Å². The Morgan fingerprint density at radius 1 is 1.22 bits per heavy atom. The van der Waals surface area contributed by atoms with Gasteiger partial charge in [-0.3, -0.25) is 0 Å². The monoisotopic (exact) mass is 394 g/mol. The maximum absolute atomic E-state index is 14.6. The molecule has 0 spiro atoms. The third kappa shape index (κ3) is 5.16. The molecule has 2 aromatic rings. The summed E-state index contributed by atoms with van der Waals surface area (Å²) in [5.74, 6) is -2.21. The lowest BCUT2D eigenvalue weighted by Gasteiger charge is -2.16. The number of thioether (sulfide) groups is 1. The first-order valence-electron chi connectivity index (χ1n) is 8.03. The number of alkyl halides is 1. The van der Waals surface area contributed by atoms with Crippen LogP contribution in [0.2, 0.25) is 0 Å². The van der Waals surface area contributed by atoms with E-state index in [1.165, 1.54) is 0 Å². The van der Waals surface area contributed by atoms with Gasteiger partial charge in [-0.2, -0.15) is 4.98 Å². The van der Waals surface area contributed by atoms with Crippen LogP contribution in [0.15, 0.2) is 35.5 Å². The zero-order valence-corrected chi connectivity index (χ0v) is 15.9. The molecule has 0 bridgehead atoms. The Balaban J connectivity index is 2.50. The first kappa shape index (κ1) is 20.6. The van der Waals surface area contributed by atoms with Crippen molar-refractivity contribution in [3.05, 3.63) is 47.2 Å². The van der Waals surface area contributed by atoms with Crippen molar-refractivity contribution in [3.8, 4) is 5.88 Å². The molecule has 1 atom stereocenters. The number of hydrogen-bond donors (Lipinski definition) is 0. The van der Waals surface area contributed by atoms with Crippen LogP contribution in [-0.4, -0.2) is 41.9 Å². The minimum atomic E-state index is -2.28. The maximum Gasteiger partial charge on any atom is 0.346 e. The normalized spacial score (nSPS) is 11.6. The highest BCUT2D eigenvalue weighted by Gasteiger charge is 2.33. The summed E-state index contributed by atoms with van der Waals surface area (Å²) in [6.07, 6.45) is -0.599. The number of aromatic nitrogens is 2. The molecule has 144 valence electrons. The van der Waals surface area contributed by atoms with E-state index in [0.29, 0.717) is 0 Å². The Kier molecular flexibility index (Phi) is 7.54. The van der Waals surface area contributed by atoms with Crippen LogP contribution in [0.1, 0.15) is 34.7 Å². The Morgan fingerprint density at radius 2 is 1.93 bits per heavy atom. The summed E-state index contributed by atoms with van der Waals surface area (Å²) in [6.45, 7) is 1.75. The predicted octanol–water partition coefficient (Wildman–Crippen LogP) is 3.14. The Labute approximate surface area is 160 Å². The fourth-order valence-electron chi connectivity index (χ4n) is 2.15. The molecule has 0 aliphatic carbocycles. The SMILES string of the molecule is CCOC(=O)c1c(OCc2ccccc2)nc(SC)nc1C(F)C(=O)OC. The third-order valence-electron chi connectivity index (χ3n) is 3.41. The van der Waals surface area contributed by atoms with E-state index in [-0.39, 0.29) is 29.8 Å². The standard InChI is InChI=1S/C18H19FN2O5S/c1-4-25-16(22)12-14(13(19)17(23)24-2)20-18(27-3)21-15(12)26-10-11-8-6-5-7-9-11/h5-9,13H,4,10H2,1-3H3. The van der Waals surface area contributed by atoms with Crippen molar-refractivity contribution in [3.63, 3.8) is 0 Å². The number of methoxy groups -OCH3 is 1. The Bertz CT molecular complexity index is 804. The topological polar surface area (TPSA) is 87.6 Å². The van der Waals surface area contributed by atoms with Crippen LogP contribution in [0.3, 0.4) is 0 Å². The van der Waals surface area contributed by atoms with Crippen LogP contribution < -0.4 is 4.74 Å². The molecule has 0 saturated carbocycles. The molecule has 0 aliphatic heterocycles. The molecule has 1 unspecified atom stereocenters. The zero-order chi connectivity index (χ0) is 19.8. The molecule has 0 fully saturated rings. The summed E-state index contributed by atoms with van der Waals surface area (Å²) in [5, 5.41) is 0.146. The second kappa shape index (κ2) is 9.86. The number of carbonyl (C=O) groups excluding carboxylic acids is 2. The van der Waals surface area contributed by atoms with Crippen LogP contribution >= 0.6 is 11.8 Å². The summed E-state index contributed by atoms with van der Waals surface area (Å²) >= 11 is 1.12. The molecular weight excluding hydrogens is 375 g/mol. The summed E-state index contributed by atoms with van der Waals surface area (Å²) in [5.41, 5.74) is 0.0501. The minimum Gasteiger partial charge on any atom is -0.472 e. The fourth-order valence-corrected chi connectivity index (χ4v) is 2.52. The van der Waals surface area contributed by atoms with Crippen LogP contribution in [-0.2, 0) is 20.9 Å². The highest BCUT2D eigenvalue weighted by atomic mass is 32.2. The van der Waals surface area contributed by atoms with Gasteiger partial charge in [0.15, 0.2) is 5.16 Å². The number of ether oxygens (including phenoxy) is 3. The van der Waals surface area contributed by atoms with Gasteiger partial charge in [-0.15, -0.1) is 0 Å². The number of hydrogen-bond acceptors (Lipinski definition) is 8. The average Bonchev–Trinajstić information content (AvgIpc) is 2.71. The molecule has 0 N–H and O–H groups in total. The Morgan fingerprint density at radius 3 is 2.52 bits per heavy atom. The second-order valence-electron chi connectivity index (χ2n) is 5.16. The van der Waals surface area contributed by atoms with E-state index in [1.54, 1.807) is 13.2 Å². The largest absolute Gasteiger partial charge is 0.472 e. The highest BCUT2D eigenvalue weighted by molar-refractivity contribution is 7.98. The number of rotatable bonds is 8. The lowest BCUT2D eigenvalue weighted by Crippen LogP contribution is -2.20. The number of benzene rings is 1. The highest BCUT2D eigenvalue weighted by Crippen LogP contribution is 2.30. The predicted molar refractivity (Wildman–Crippen MR) is 96.4 cm³/mol. The van der Waals surface area contributed by atoms with E-state index >= 15 is 0 Å². The molecule has 2 rings (SSSR count). The quantitative estimate of drug-likeness (QED) is 0.383. The fraction of sp³-hybridized carbons (Fsp3) is 0.333. The van der Waals surface area contributed by atoms with E-state index in [0.717, 1.165) is 24.4 Å². The number of carbonyl (C=O) groups is 2. The lowest BCUT2D eigenvalue weighted by molar-refractivity contribution is -0.146. The number of halogens is 1. The maximum atomic E-state index is 14.6. The summed E-state index contributed by atoms with van der Waals surface area (Å²) < 4.78 is 29.7. The smallest absolute Gasteiger partial charge is 0.346 e. The first-order valence-corrected chi connectivity index (χ1v) is 9.25. The summed E-state index contributed by atoms with van der Waals surface area (Å²) in [7, 11) is 1.04. The molecular formula is C18H19FN2O5S. The molecule has 27 heavy (non-hydrogen) atoms. The van der Waals surface area contributed by atoms with Crippen molar-refractivity contribution < 1.29 is 28.2 Å². The van der Waals surface area contributed by atoms with Crippen molar-refractivity contribution in [2.75, 3.05) is 20.0 Å². The van der Waals surface area contributed by atoms with E-state index in [2.05, 4.69) is 14.7 Å². The van der Waals surface area contributed by atoms with Crippen LogP contribution in [0.4, 0.5) is 4.39 Å². The number of esters is 2. The van der Waals surface area contributed by atoms with Gasteiger partial charge >= 0.3 is 11.9 Å². The van der Waals surface area contributed by atoms with Gasteiger partial charge in [0.2, 0.25) is 12.1 Å². The third-order valence-corrected chi connectivity index (χ3v) is 3.96. The number of nitrogens with zero attached hydrogens (tertiary/aromatic N) is 2. The van der Waals surface area contributed by atoms with Gasteiger partial charge in [0.1, 0.15) is 17.9 Å². The molecule has 1 aromatic heterocycles. The van der Waals surface area contributed by atoms with Crippen LogP contribution in [0, 0.1) is 0 Å². The van der Waals surface area contributed by atoms with Crippen LogP contribution in [0.25, 0.3) is 0 Å². The van der Waals surface area contributed by atoms with Gasteiger partial charge in [0.25, 0.3) is 0 Å². The first-order chi connectivity index (χ1) is 13.0. The molecule has 0 amide bonds. The van der Waals surface area contributed by atoms with Gasteiger partial charge < -0.3 is 14.2 Å². The van der Waals surface area contributed by atoms with Gasteiger partial charge in [0, 0.05) is 0 Å². The van der Waals surface area contributed by atoms with Crippen molar-refractivity contribution >= 4 is 23.7 Å². The second-order valence-corrected chi connectivity index (χ2v) is 5.93. The molecule has 0 radical (unpaired) electrons. The zero-order valence-electron chi connectivity index (χ0n) is 15.1. The van der Waals surface area contributed by atoms with Gasteiger partial charge in [0.05, 0.1) is 13.7 Å². The van der Waals surface area contributed by atoms with Crippen molar-refractivity contribution in [2.45, 2.75) is 24.9 Å². The van der Waals surface area contributed by atoms with E-state index in [1.807, 2.05) is 30.3 Å². The van der Waals surface area contributed by atoms with Crippen LogP contribution in [0.5, 0.6) is 5.88 Å². The van der Waals surface area contributed by atoms with Gasteiger partial charge in [-0.05, 0) is 18.7 Å². The Hall–Kier alpha value is -2.68. The minimum absolute atomic E-state index is 0.0514. The van der Waals surface area contributed by atoms with Crippen molar-refractivity contribution in [1.29, 1.82) is 0 Å². The molecule has 9 heteroatoms. The average molecular weight is 394 g/mol. The molecule has 0 saturated heterocycles. The summed E-state index contributed by atoms with van der Waals surface area (Å²) in [6, 6.07) is 9.17. The summed E-state index contributed by atoms with van der Waals surface area (Å²) in [4.78, 5) is 32.2. The molecule has 1 heterocycles. The lowest BCUT2D eigenvalue weighted by atomic mass is 10.1. The van der Waals surface area contributed by atoms with E-state index in [4.69, 9.17) is 9.47 Å². The molecule has 0 aliphatic rings. The van der Waals surface area contributed by atoms with E-state index < -0.39 is 23.8 Å². The van der Waals surface area contributed by atoms with Gasteiger partial charge in [-0.1, -0.05) is 42.1 Å². The van der Waals surface area contributed by atoms with Crippen molar-refractivity contribution in [2.24, 2.45) is 0 Å². The molecule has 1 aromatic carbocycles. The van der Waals surface area contributed by atoms with Crippen molar-refractivity contribution in [1.82, 2.24) is 9.97 Å². The van der Waals surface area contributed by atoms with Gasteiger partial charge in [-0.25, -0.2) is 19.0 Å². The molecule has 7 nitrogen and oxygen atoms in total.